The van der Waals surface area contributed by atoms with Crippen molar-refractivity contribution in [2.24, 2.45) is 0 Å². The number of hydrogen-bond donors (Lipinski definition) is 2. The Kier molecular flexibility index (Phi) is 6.21. The van der Waals surface area contributed by atoms with Gasteiger partial charge in [-0.05, 0) is 26.0 Å². The Morgan fingerprint density at radius 3 is 2.71 bits per heavy atom. The number of nitrogens with one attached hydrogen (secondary N) is 2. The minimum atomic E-state index is -0.500. The zero-order valence-corrected chi connectivity index (χ0v) is 14.2. The summed E-state index contributed by atoms with van der Waals surface area (Å²) in [6.07, 6.45) is 1.16. The van der Waals surface area contributed by atoms with E-state index in [0.717, 1.165) is 0 Å². The van der Waals surface area contributed by atoms with Crippen LogP contribution >= 0.6 is 0 Å². The molecule has 0 saturated carbocycles. The summed E-state index contributed by atoms with van der Waals surface area (Å²) >= 11 is 0. The Morgan fingerprint density at radius 1 is 1.29 bits per heavy atom. The molecule has 9 nitrogen and oxygen atoms in total. The number of rotatable bonds is 7. The lowest BCUT2D eigenvalue weighted by molar-refractivity contribution is -0.0970. The third kappa shape index (κ3) is 4.49. The molecule has 0 saturated heterocycles. The van der Waals surface area contributed by atoms with Crippen LogP contribution in [-0.2, 0) is 9.47 Å². The fourth-order valence-electron chi connectivity index (χ4n) is 2.03. The van der Waals surface area contributed by atoms with Crippen LogP contribution in [0, 0.1) is 0 Å². The zero-order valence-electron chi connectivity index (χ0n) is 14.2. The van der Waals surface area contributed by atoms with Crippen molar-refractivity contribution in [3.63, 3.8) is 0 Å². The lowest BCUT2D eigenvalue weighted by Crippen LogP contribution is -2.37. The molecule has 0 aromatic carbocycles. The molecule has 130 valence electrons. The minimum absolute atomic E-state index is 0.205. The number of methoxy groups -OCH3 is 2. The highest BCUT2D eigenvalue weighted by molar-refractivity contribution is 5.88. The first-order chi connectivity index (χ1) is 11.5. The molecule has 2 rings (SSSR count). The molecular weight excluding hydrogens is 312 g/mol. The molecule has 0 aliphatic carbocycles. The first-order valence-corrected chi connectivity index (χ1v) is 7.52. The summed E-state index contributed by atoms with van der Waals surface area (Å²) in [5, 5.41) is 13.3. The standard InChI is InChI=1S/C15H22N6O3/c1-10(2)21-9-17-20-14(21)11-6-5-7-12(18-11)19-15(22)16-8-13(23-3)24-4/h5-7,9-10,13H,8H2,1-4H3,(H2,16,18,19,22). The van der Waals surface area contributed by atoms with Crippen molar-refractivity contribution >= 4 is 11.8 Å². The monoisotopic (exact) mass is 334 g/mol. The van der Waals surface area contributed by atoms with E-state index in [1.165, 1.54) is 14.2 Å². The highest BCUT2D eigenvalue weighted by Crippen LogP contribution is 2.19. The van der Waals surface area contributed by atoms with Gasteiger partial charge < -0.3 is 19.4 Å². The van der Waals surface area contributed by atoms with Gasteiger partial charge in [0.15, 0.2) is 12.1 Å². The predicted molar refractivity (Wildman–Crippen MR) is 88.5 cm³/mol. The van der Waals surface area contributed by atoms with Gasteiger partial charge in [-0.15, -0.1) is 10.2 Å². The number of hydrogen-bond acceptors (Lipinski definition) is 6. The number of amides is 2. The van der Waals surface area contributed by atoms with Crippen molar-refractivity contribution < 1.29 is 14.3 Å². The number of carbonyl (C=O) groups is 1. The van der Waals surface area contributed by atoms with Gasteiger partial charge in [0.1, 0.15) is 17.8 Å². The molecule has 2 heterocycles. The number of nitrogens with zero attached hydrogens (tertiary/aromatic N) is 4. The number of pyridine rings is 1. The Hall–Kier alpha value is -2.52. The summed E-state index contributed by atoms with van der Waals surface area (Å²) in [7, 11) is 3.01. The number of carbonyl (C=O) groups excluding carboxylic acids is 1. The molecule has 2 aromatic rings. The average molecular weight is 334 g/mol. The summed E-state index contributed by atoms with van der Waals surface area (Å²) < 4.78 is 11.9. The van der Waals surface area contributed by atoms with Crippen LogP contribution in [0.15, 0.2) is 24.5 Å². The molecule has 2 aromatic heterocycles. The summed E-state index contributed by atoms with van der Waals surface area (Å²) in [6, 6.07) is 5.12. The molecule has 0 unspecified atom stereocenters. The third-order valence-corrected chi connectivity index (χ3v) is 3.30. The van der Waals surface area contributed by atoms with Crippen LogP contribution in [0.25, 0.3) is 11.5 Å². The number of anilines is 1. The Labute approximate surface area is 140 Å². The second-order valence-corrected chi connectivity index (χ2v) is 5.30. The predicted octanol–water partition coefficient (Wildman–Crippen LogP) is 1.66. The van der Waals surface area contributed by atoms with Gasteiger partial charge in [0, 0.05) is 20.3 Å². The second kappa shape index (κ2) is 8.37. The fourth-order valence-corrected chi connectivity index (χ4v) is 2.03. The van der Waals surface area contributed by atoms with Crippen LogP contribution in [0.1, 0.15) is 19.9 Å². The van der Waals surface area contributed by atoms with E-state index < -0.39 is 12.3 Å². The van der Waals surface area contributed by atoms with Crippen molar-refractivity contribution in [3.05, 3.63) is 24.5 Å². The number of ether oxygens (including phenoxy) is 2. The molecule has 9 heteroatoms. The largest absolute Gasteiger partial charge is 0.354 e. The van der Waals surface area contributed by atoms with Crippen LogP contribution in [-0.4, -0.2) is 52.8 Å². The van der Waals surface area contributed by atoms with Gasteiger partial charge >= 0.3 is 6.03 Å². The molecule has 2 amide bonds. The minimum Gasteiger partial charge on any atom is -0.354 e. The zero-order chi connectivity index (χ0) is 17.5. The SMILES string of the molecule is COC(CNC(=O)Nc1cccc(-c2nncn2C(C)C)n1)OC. The molecule has 24 heavy (non-hydrogen) atoms. The average Bonchev–Trinajstić information content (AvgIpc) is 3.06. The van der Waals surface area contributed by atoms with Crippen LogP contribution in [0.5, 0.6) is 0 Å². The third-order valence-electron chi connectivity index (χ3n) is 3.30. The van der Waals surface area contributed by atoms with Crippen LogP contribution in [0.2, 0.25) is 0 Å². The fraction of sp³-hybridized carbons (Fsp3) is 0.467. The van der Waals surface area contributed by atoms with E-state index in [1.807, 2.05) is 24.5 Å². The molecule has 2 N–H and O–H groups in total. The van der Waals surface area contributed by atoms with Gasteiger partial charge in [-0.2, -0.15) is 0 Å². The van der Waals surface area contributed by atoms with Crippen LogP contribution in [0.4, 0.5) is 10.6 Å². The Morgan fingerprint density at radius 2 is 2.04 bits per heavy atom. The molecule has 0 aliphatic heterocycles. The maximum atomic E-state index is 11.9. The number of urea groups is 1. The highest BCUT2D eigenvalue weighted by atomic mass is 16.7. The maximum Gasteiger partial charge on any atom is 0.320 e. The van der Waals surface area contributed by atoms with E-state index in [1.54, 1.807) is 18.5 Å². The Bertz CT molecular complexity index is 669. The number of aromatic nitrogens is 4. The summed E-state index contributed by atoms with van der Waals surface area (Å²) in [4.78, 5) is 16.3. The lowest BCUT2D eigenvalue weighted by Gasteiger charge is -2.14. The van der Waals surface area contributed by atoms with Gasteiger partial charge in [-0.3, -0.25) is 5.32 Å². The van der Waals surface area contributed by atoms with Crippen LogP contribution in [0.3, 0.4) is 0 Å². The van der Waals surface area contributed by atoms with Crippen LogP contribution < -0.4 is 10.6 Å². The summed E-state index contributed by atoms with van der Waals surface area (Å²) in [6.45, 7) is 4.29. The van der Waals surface area contributed by atoms with Crippen molar-refractivity contribution in [3.8, 4) is 11.5 Å². The van der Waals surface area contributed by atoms with Crippen molar-refractivity contribution in [1.82, 2.24) is 25.1 Å². The second-order valence-electron chi connectivity index (χ2n) is 5.30. The van der Waals surface area contributed by atoms with E-state index in [9.17, 15) is 4.79 Å². The molecule has 0 atom stereocenters. The Balaban J connectivity index is 2.05. The summed E-state index contributed by atoms with van der Waals surface area (Å²) in [5.41, 5.74) is 0.630. The van der Waals surface area contributed by atoms with Gasteiger partial charge in [0.05, 0.1) is 6.54 Å². The molecule has 0 bridgehead atoms. The van der Waals surface area contributed by atoms with E-state index in [4.69, 9.17) is 9.47 Å². The van der Waals surface area contributed by atoms with Gasteiger partial charge in [-0.25, -0.2) is 9.78 Å². The molecular formula is C15H22N6O3. The lowest BCUT2D eigenvalue weighted by atomic mass is 10.3. The first-order valence-electron chi connectivity index (χ1n) is 7.52. The molecule has 0 radical (unpaired) electrons. The first kappa shape index (κ1) is 17.8. The van der Waals surface area contributed by atoms with E-state index >= 15 is 0 Å². The van der Waals surface area contributed by atoms with Crippen molar-refractivity contribution in [2.45, 2.75) is 26.2 Å². The normalized spacial score (nSPS) is 11.1. The van der Waals surface area contributed by atoms with Gasteiger partial charge in [0.2, 0.25) is 0 Å². The highest BCUT2D eigenvalue weighted by Gasteiger charge is 2.13. The van der Waals surface area contributed by atoms with Gasteiger partial charge in [-0.1, -0.05) is 6.07 Å². The molecule has 0 spiro atoms. The molecule has 0 aliphatic rings. The maximum absolute atomic E-state index is 11.9. The van der Waals surface area contributed by atoms with E-state index in [-0.39, 0.29) is 12.6 Å². The molecule has 0 fully saturated rings. The van der Waals surface area contributed by atoms with Crippen molar-refractivity contribution in [2.75, 3.05) is 26.1 Å². The van der Waals surface area contributed by atoms with Crippen molar-refractivity contribution in [1.29, 1.82) is 0 Å². The quantitative estimate of drug-likeness (QED) is 0.747. The van der Waals surface area contributed by atoms with E-state index in [2.05, 4.69) is 25.8 Å². The topological polar surface area (TPSA) is 103 Å². The van der Waals surface area contributed by atoms with E-state index in [0.29, 0.717) is 17.3 Å². The van der Waals surface area contributed by atoms with Gasteiger partial charge in [0.25, 0.3) is 0 Å². The smallest absolute Gasteiger partial charge is 0.320 e. The summed E-state index contributed by atoms with van der Waals surface area (Å²) in [5.74, 6) is 1.06.